The summed E-state index contributed by atoms with van der Waals surface area (Å²) in [4.78, 5) is 21.9. The fourth-order valence-corrected chi connectivity index (χ4v) is 1.59. The molecule has 0 atom stereocenters. The molecule has 7 heteroatoms. The van der Waals surface area contributed by atoms with Crippen LogP contribution in [0, 0.1) is 10.1 Å². The van der Waals surface area contributed by atoms with Crippen LogP contribution in [0.5, 0.6) is 5.75 Å². The molecule has 0 saturated carbocycles. The van der Waals surface area contributed by atoms with Gasteiger partial charge >= 0.3 is 0 Å². The van der Waals surface area contributed by atoms with Gasteiger partial charge in [0.1, 0.15) is 10.8 Å². The van der Waals surface area contributed by atoms with Gasteiger partial charge in [-0.15, -0.1) is 0 Å². The maximum atomic E-state index is 11.8. The van der Waals surface area contributed by atoms with Gasteiger partial charge in [0.05, 0.1) is 17.6 Å². The lowest BCUT2D eigenvalue weighted by molar-refractivity contribution is -0.384. The number of nitro benzene ring substituents is 1. The number of hydrogen-bond donors (Lipinski definition) is 1. The SMILES string of the molecule is CCCNC(=O)c1cc([N+](=O)[O-])c(Cl)cc1OC. The van der Waals surface area contributed by atoms with Gasteiger partial charge in [0.25, 0.3) is 11.6 Å². The first-order valence-corrected chi connectivity index (χ1v) is 5.69. The predicted molar refractivity (Wildman–Crippen MR) is 67.3 cm³/mol. The van der Waals surface area contributed by atoms with Crippen LogP contribution in [-0.2, 0) is 0 Å². The van der Waals surface area contributed by atoms with Gasteiger partial charge < -0.3 is 10.1 Å². The summed E-state index contributed by atoms with van der Waals surface area (Å²) >= 11 is 5.73. The highest BCUT2D eigenvalue weighted by molar-refractivity contribution is 6.33. The van der Waals surface area contributed by atoms with Crippen LogP contribution in [0.4, 0.5) is 5.69 Å². The van der Waals surface area contributed by atoms with Gasteiger partial charge in [-0.2, -0.15) is 0 Å². The Morgan fingerprint density at radius 3 is 2.72 bits per heavy atom. The Hall–Kier alpha value is -1.82. The van der Waals surface area contributed by atoms with Gasteiger partial charge in [-0.25, -0.2) is 0 Å². The molecule has 0 radical (unpaired) electrons. The summed E-state index contributed by atoms with van der Waals surface area (Å²) in [5.41, 5.74) is -0.221. The Balaban J connectivity index is 3.19. The zero-order valence-corrected chi connectivity index (χ0v) is 10.8. The van der Waals surface area contributed by atoms with Crippen molar-refractivity contribution in [3.05, 3.63) is 32.8 Å². The van der Waals surface area contributed by atoms with Gasteiger partial charge in [-0.3, -0.25) is 14.9 Å². The Kier molecular flexibility index (Phi) is 4.91. The molecule has 1 amide bonds. The van der Waals surface area contributed by atoms with Crippen molar-refractivity contribution in [1.82, 2.24) is 5.32 Å². The van der Waals surface area contributed by atoms with Crippen LogP contribution < -0.4 is 10.1 Å². The molecule has 0 aromatic heterocycles. The van der Waals surface area contributed by atoms with E-state index in [0.29, 0.717) is 6.54 Å². The van der Waals surface area contributed by atoms with Crippen LogP contribution in [0.2, 0.25) is 5.02 Å². The first-order valence-electron chi connectivity index (χ1n) is 5.31. The number of amides is 1. The number of hydrogen-bond acceptors (Lipinski definition) is 4. The summed E-state index contributed by atoms with van der Waals surface area (Å²) in [5, 5.41) is 13.3. The maximum absolute atomic E-state index is 11.8. The molecule has 0 heterocycles. The molecule has 1 N–H and O–H groups in total. The third-order valence-corrected chi connectivity index (χ3v) is 2.55. The highest BCUT2D eigenvalue weighted by Crippen LogP contribution is 2.32. The Bertz CT molecular complexity index is 476. The quantitative estimate of drug-likeness (QED) is 0.659. The first kappa shape index (κ1) is 14.2. The molecule has 1 rings (SSSR count). The maximum Gasteiger partial charge on any atom is 0.288 e. The summed E-state index contributed by atoms with van der Waals surface area (Å²) in [6, 6.07) is 2.38. The lowest BCUT2D eigenvalue weighted by Gasteiger charge is -2.09. The van der Waals surface area contributed by atoms with E-state index in [1.54, 1.807) is 0 Å². The summed E-state index contributed by atoms with van der Waals surface area (Å²) in [6.45, 7) is 2.39. The Labute approximate surface area is 109 Å². The average Bonchev–Trinajstić information content (AvgIpc) is 2.34. The summed E-state index contributed by atoms with van der Waals surface area (Å²) < 4.78 is 4.99. The van der Waals surface area contributed by atoms with Crippen LogP contribution >= 0.6 is 11.6 Å². The summed E-state index contributed by atoms with van der Waals surface area (Å²) in [7, 11) is 1.37. The molecule has 98 valence electrons. The Morgan fingerprint density at radius 2 is 2.22 bits per heavy atom. The van der Waals surface area contributed by atoms with Gasteiger partial charge in [0.15, 0.2) is 0 Å². The van der Waals surface area contributed by atoms with Crippen molar-refractivity contribution in [3.63, 3.8) is 0 Å². The zero-order chi connectivity index (χ0) is 13.7. The van der Waals surface area contributed by atoms with Crippen molar-refractivity contribution in [3.8, 4) is 5.75 Å². The van der Waals surface area contributed by atoms with E-state index >= 15 is 0 Å². The molecule has 0 spiro atoms. The molecule has 0 saturated heterocycles. The predicted octanol–water partition coefficient (Wildman–Crippen LogP) is 2.40. The van der Waals surface area contributed by atoms with Crippen molar-refractivity contribution in [1.29, 1.82) is 0 Å². The third-order valence-electron chi connectivity index (χ3n) is 2.25. The minimum Gasteiger partial charge on any atom is -0.496 e. The Morgan fingerprint density at radius 1 is 1.56 bits per heavy atom. The molecule has 0 aliphatic heterocycles. The molecule has 1 aromatic carbocycles. The number of halogens is 1. The number of methoxy groups -OCH3 is 1. The lowest BCUT2D eigenvalue weighted by atomic mass is 10.1. The van der Waals surface area contributed by atoms with E-state index in [9.17, 15) is 14.9 Å². The normalized spacial score (nSPS) is 9.94. The second kappa shape index (κ2) is 6.20. The minimum atomic E-state index is -0.641. The van der Waals surface area contributed by atoms with E-state index in [1.807, 2.05) is 6.92 Å². The van der Waals surface area contributed by atoms with Crippen molar-refractivity contribution >= 4 is 23.2 Å². The molecule has 0 unspecified atom stereocenters. The van der Waals surface area contributed by atoms with Crippen molar-refractivity contribution < 1.29 is 14.5 Å². The van der Waals surface area contributed by atoms with E-state index in [-0.39, 0.29) is 22.0 Å². The number of nitro groups is 1. The molecule has 0 aliphatic rings. The standard InChI is InChI=1S/C11H13ClN2O4/c1-3-4-13-11(15)7-5-9(14(16)17)8(12)6-10(7)18-2/h5-6H,3-4H2,1-2H3,(H,13,15). The molecule has 0 fully saturated rings. The highest BCUT2D eigenvalue weighted by atomic mass is 35.5. The van der Waals surface area contributed by atoms with E-state index in [2.05, 4.69) is 5.32 Å². The van der Waals surface area contributed by atoms with E-state index in [0.717, 1.165) is 12.5 Å². The van der Waals surface area contributed by atoms with Gasteiger partial charge in [0, 0.05) is 18.7 Å². The van der Waals surface area contributed by atoms with E-state index < -0.39 is 10.8 Å². The minimum absolute atomic E-state index is 0.0658. The molecule has 0 bridgehead atoms. The fraction of sp³-hybridized carbons (Fsp3) is 0.364. The van der Waals surface area contributed by atoms with Crippen molar-refractivity contribution in [2.75, 3.05) is 13.7 Å². The van der Waals surface area contributed by atoms with E-state index in [4.69, 9.17) is 16.3 Å². The van der Waals surface area contributed by atoms with E-state index in [1.165, 1.54) is 13.2 Å². The lowest BCUT2D eigenvalue weighted by Crippen LogP contribution is -2.24. The van der Waals surface area contributed by atoms with Crippen molar-refractivity contribution in [2.45, 2.75) is 13.3 Å². The van der Waals surface area contributed by atoms with Gasteiger partial charge in [-0.05, 0) is 6.42 Å². The number of rotatable bonds is 5. The summed E-state index contributed by atoms with van der Waals surface area (Å²) in [6.07, 6.45) is 0.768. The molecule has 0 aliphatic carbocycles. The second-order valence-corrected chi connectivity index (χ2v) is 3.92. The number of carbonyl (C=O) groups is 1. The first-order chi connectivity index (χ1) is 8.51. The number of benzene rings is 1. The number of nitrogens with zero attached hydrogens (tertiary/aromatic N) is 1. The average molecular weight is 273 g/mol. The molecular weight excluding hydrogens is 260 g/mol. The third kappa shape index (κ3) is 3.10. The van der Waals surface area contributed by atoms with Crippen LogP contribution in [-0.4, -0.2) is 24.5 Å². The number of carbonyl (C=O) groups excluding carboxylic acids is 1. The zero-order valence-electron chi connectivity index (χ0n) is 10.0. The smallest absolute Gasteiger partial charge is 0.288 e. The number of ether oxygens (including phenoxy) is 1. The topological polar surface area (TPSA) is 81.5 Å². The van der Waals surface area contributed by atoms with Crippen LogP contribution in [0.15, 0.2) is 12.1 Å². The highest BCUT2D eigenvalue weighted by Gasteiger charge is 2.21. The van der Waals surface area contributed by atoms with Crippen LogP contribution in [0.1, 0.15) is 23.7 Å². The molecule has 6 nitrogen and oxygen atoms in total. The number of nitrogens with one attached hydrogen (secondary N) is 1. The second-order valence-electron chi connectivity index (χ2n) is 3.52. The van der Waals surface area contributed by atoms with Crippen LogP contribution in [0.3, 0.4) is 0 Å². The molecule has 18 heavy (non-hydrogen) atoms. The largest absolute Gasteiger partial charge is 0.496 e. The molecular formula is C11H13ClN2O4. The van der Waals surface area contributed by atoms with Crippen molar-refractivity contribution in [2.24, 2.45) is 0 Å². The fourth-order valence-electron chi connectivity index (χ4n) is 1.36. The monoisotopic (exact) mass is 272 g/mol. The van der Waals surface area contributed by atoms with Crippen LogP contribution in [0.25, 0.3) is 0 Å². The van der Waals surface area contributed by atoms with Gasteiger partial charge in [0.2, 0.25) is 0 Å². The summed E-state index contributed by atoms with van der Waals surface area (Å²) in [5.74, 6) is -0.215. The van der Waals surface area contributed by atoms with Gasteiger partial charge in [-0.1, -0.05) is 18.5 Å². The molecule has 1 aromatic rings.